The number of ether oxygens (including phenoxy) is 1. The summed E-state index contributed by atoms with van der Waals surface area (Å²) in [5.74, 6) is 1.03. The average Bonchev–Trinajstić information content (AvgIpc) is 3.90. The summed E-state index contributed by atoms with van der Waals surface area (Å²) in [5.41, 5.74) is 11.3. The van der Waals surface area contributed by atoms with Gasteiger partial charge in [-0.15, -0.1) is 0 Å². The molecule has 4 aromatic rings. The highest BCUT2D eigenvalue weighted by molar-refractivity contribution is 5.97. The zero-order chi connectivity index (χ0) is 31.2. The van der Waals surface area contributed by atoms with Gasteiger partial charge in [0.2, 0.25) is 5.91 Å². The molecular weight excluding hydrogens is 570 g/mol. The van der Waals surface area contributed by atoms with E-state index in [1.807, 2.05) is 41.3 Å². The second-order valence-corrected chi connectivity index (χ2v) is 13.8. The maximum Gasteiger partial charge on any atom is 0.254 e. The number of aliphatic hydroxyl groups excluding tert-OH is 1. The molecule has 2 aliphatic carbocycles. The minimum Gasteiger partial charge on any atom is -0.482 e. The highest BCUT2D eigenvalue weighted by Gasteiger charge is 2.50. The molecule has 0 unspecified atom stereocenters. The fourth-order valence-corrected chi connectivity index (χ4v) is 7.65. The molecule has 2 amide bonds. The molecule has 2 saturated carbocycles. The monoisotopic (exact) mass is 611 g/mol. The van der Waals surface area contributed by atoms with Crippen molar-refractivity contribution in [3.63, 3.8) is 0 Å². The molecule has 45 heavy (non-hydrogen) atoms. The number of hydrogen-bond donors (Lipinski definition) is 3. The standard InChI is InChI=1S/C34H41N7O4/c1-18(36-33(44)34(17-42)10-11-34)25-8-6-21-12-27(39(31(21)37-25)16-20-4-5-20)30-19(2)40-28(38-30)13-22(14-29(40)45-3)32(43)41-23-7-9-26(41)24(35)15-23/h6,8,12-14,18,20,23-24,26,42H,4-5,7,9-11,15-17,35H2,1-3H3,(H,36,44)/t18-,23+,24-,26-/m1/s1. The van der Waals surface area contributed by atoms with E-state index in [4.69, 9.17) is 20.4 Å². The molecule has 4 N–H and O–H groups in total. The molecule has 2 bridgehead atoms. The molecule has 6 heterocycles. The average molecular weight is 612 g/mol. The van der Waals surface area contributed by atoms with Crippen LogP contribution in [0.5, 0.6) is 5.88 Å². The molecule has 2 saturated heterocycles. The van der Waals surface area contributed by atoms with Crippen molar-refractivity contribution in [2.24, 2.45) is 17.1 Å². The quantitative estimate of drug-likeness (QED) is 0.262. The van der Waals surface area contributed by atoms with Gasteiger partial charge in [-0.05, 0) is 89.0 Å². The highest BCUT2D eigenvalue weighted by atomic mass is 16.5. The molecule has 0 spiro atoms. The second kappa shape index (κ2) is 10.3. The number of methoxy groups -OCH3 is 1. The van der Waals surface area contributed by atoms with Gasteiger partial charge < -0.3 is 30.4 Å². The molecule has 0 aromatic carbocycles. The normalized spacial score (nSPS) is 24.0. The molecule has 8 rings (SSSR count). The molecule has 2 aliphatic heterocycles. The lowest BCUT2D eigenvalue weighted by atomic mass is 9.97. The summed E-state index contributed by atoms with van der Waals surface area (Å²) >= 11 is 0. The van der Waals surface area contributed by atoms with Crippen LogP contribution in [0.25, 0.3) is 28.1 Å². The van der Waals surface area contributed by atoms with Crippen molar-refractivity contribution in [1.82, 2.24) is 29.2 Å². The smallest absolute Gasteiger partial charge is 0.254 e. The minimum atomic E-state index is -0.634. The number of amides is 2. The van der Waals surface area contributed by atoms with Crippen molar-refractivity contribution >= 4 is 28.5 Å². The number of aryl methyl sites for hydroxylation is 1. The number of aromatic nitrogens is 4. The summed E-state index contributed by atoms with van der Waals surface area (Å²) in [6.45, 7) is 4.67. The van der Waals surface area contributed by atoms with Crippen LogP contribution in [-0.2, 0) is 11.3 Å². The van der Waals surface area contributed by atoms with Crippen molar-refractivity contribution in [3.8, 4) is 17.3 Å². The van der Waals surface area contributed by atoms with E-state index in [1.54, 1.807) is 7.11 Å². The second-order valence-electron chi connectivity index (χ2n) is 13.8. The zero-order valence-corrected chi connectivity index (χ0v) is 26.1. The minimum absolute atomic E-state index is 0.00849. The largest absolute Gasteiger partial charge is 0.482 e. The fourth-order valence-electron chi connectivity index (χ4n) is 7.65. The Labute approximate surface area is 261 Å². The third-order valence-corrected chi connectivity index (χ3v) is 10.8. The van der Waals surface area contributed by atoms with Crippen molar-refractivity contribution in [3.05, 3.63) is 47.3 Å². The van der Waals surface area contributed by atoms with Gasteiger partial charge in [-0.25, -0.2) is 9.97 Å². The van der Waals surface area contributed by atoms with E-state index in [0.29, 0.717) is 35.9 Å². The van der Waals surface area contributed by atoms with Gasteiger partial charge in [-0.1, -0.05) is 0 Å². The summed E-state index contributed by atoms with van der Waals surface area (Å²) < 4.78 is 10.1. The van der Waals surface area contributed by atoms with E-state index in [-0.39, 0.29) is 42.6 Å². The molecule has 11 nitrogen and oxygen atoms in total. The van der Waals surface area contributed by atoms with Crippen LogP contribution in [-0.4, -0.2) is 72.6 Å². The van der Waals surface area contributed by atoms with E-state index >= 15 is 0 Å². The summed E-state index contributed by atoms with van der Waals surface area (Å²) in [7, 11) is 1.62. The number of aliphatic hydroxyl groups is 1. The first-order valence-electron chi connectivity index (χ1n) is 16.3. The molecule has 11 heteroatoms. The van der Waals surface area contributed by atoms with Gasteiger partial charge in [-0.3, -0.25) is 14.0 Å². The van der Waals surface area contributed by atoms with E-state index in [2.05, 4.69) is 22.0 Å². The Balaban J connectivity index is 1.18. The summed E-state index contributed by atoms with van der Waals surface area (Å²) in [6.07, 6.45) is 6.62. The predicted octanol–water partition coefficient (Wildman–Crippen LogP) is 3.73. The van der Waals surface area contributed by atoms with Crippen LogP contribution in [0.3, 0.4) is 0 Å². The summed E-state index contributed by atoms with van der Waals surface area (Å²) in [6, 6.07) is 9.90. The maximum atomic E-state index is 13.8. The lowest BCUT2D eigenvalue weighted by Crippen LogP contribution is -2.40. The number of rotatable bonds is 9. The van der Waals surface area contributed by atoms with E-state index in [1.165, 1.54) is 12.8 Å². The van der Waals surface area contributed by atoms with Gasteiger partial charge in [0.1, 0.15) is 17.0 Å². The lowest BCUT2D eigenvalue weighted by molar-refractivity contribution is -0.128. The predicted molar refractivity (Wildman–Crippen MR) is 169 cm³/mol. The van der Waals surface area contributed by atoms with Crippen LogP contribution in [0.15, 0.2) is 30.3 Å². The molecule has 4 aliphatic rings. The Hall–Kier alpha value is -3.96. The number of imidazole rings is 1. The van der Waals surface area contributed by atoms with Crippen molar-refractivity contribution in [2.45, 2.75) is 89.5 Å². The van der Waals surface area contributed by atoms with E-state index in [0.717, 1.165) is 59.6 Å². The molecule has 4 aromatic heterocycles. The molecule has 4 fully saturated rings. The first-order valence-corrected chi connectivity index (χ1v) is 16.3. The number of carbonyl (C=O) groups is 2. The van der Waals surface area contributed by atoms with Crippen LogP contribution in [0.4, 0.5) is 0 Å². The SMILES string of the molecule is COc1cc(C(=O)N2[C@H]3CC[C@@H]2[C@H](N)C3)cc2nc(-c3cc4ccc([C@@H](C)NC(=O)C5(CO)CC5)nc4n3CC3CC3)c(C)n12. The Kier molecular flexibility index (Phi) is 6.51. The van der Waals surface area contributed by atoms with Crippen LogP contribution in [0.2, 0.25) is 0 Å². The fraction of sp³-hybridized carbons (Fsp3) is 0.529. The number of hydrogen-bond acceptors (Lipinski definition) is 7. The third kappa shape index (κ3) is 4.53. The third-order valence-electron chi connectivity index (χ3n) is 10.8. The Morgan fingerprint density at radius 3 is 2.60 bits per heavy atom. The number of nitrogens with two attached hydrogens (primary N) is 1. The Morgan fingerprint density at radius 2 is 1.96 bits per heavy atom. The Morgan fingerprint density at radius 1 is 1.16 bits per heavy atom. The van der Waals surface area contributed by atoms with Crippen LogP contribution < -0.4 is 15.8 Å². The molecular formula is C34H41N7O4. The van der Waals surface area contributed by atoms with Crippen molar-refractivity contribution < 1.29 is 19.4 Å². The van der Waals surface area contributed by atoms with Gasteiger partial charge >= 0.3 is 0 Å². The van der Waals surface area contributed by atoms with Gasteiger partial charge in [0.15, 0.2) is 5.88 Å². The van der Waals surface area contributed by atoms with Crippen LogP contribution >= 0.6 is 0 Å². The lowest BCUT2D eigenvalue weighted by Gasteiger charge is -2.23. The summed E-state index contributed by atoms with van der Waals surface area (Å²) in [5, 5.41) is 13.8. The molecule has 0 radical (unpaired) electrons. The van der Waals surface area contributed by atoms with E-state index in [9.17, 15) is 14.7 Å². The topological polar surface area (TPSA) is 140 Å². The van der Waals surface area contributed by atoms with Gasteiger partial charge in [-0.2, -0.15) is 0 Å². The highest BCUT2D eigenvalue weighted by Crippen LogP contribution is 2.46. The molecule has 4 atom stereocenters. The van der Waals surface area contributed by atoms with Gasteiger partial charge in [0.25, 0.3) is 5.91 Å². The van der Waals surface area contributed by atoms with E-state index < -0.39 is 5.41 Å². The molecule has 236 valence electrons. The van der Waals surface area contributed by atoms with Crippen molar-refractivity contribution in [1.29, 1.82) is 0 Å². The summed E-state index contributed by atoms with van der Waals surface area (Å²) in [4.78, 5) is 38.8. The number of nitrogens with one attached hydrogen (secondary N) is 1. The van der Waals surface area contributed by atoms with Crippen LogP contribution in [0, 0.1) is 18.3 Å². The van der Waals surface area contributed by atoms with Crippen molar-refractivity contribution in [2.75, 3.05) is 13.7 Å². The first-order chi connectivity index (χ1) is 21.7. The number of carbonyl (C=O) groups excluding carboxylic acids is 2. The van der Waals surface area contributed by atoms with Crippen LogP contribution in [0.1, 0.15) is 79.7 Å². The first kappa shape index (κ1) is 28.5. The maximum absolute atomic E-state index is 13.8. The van der Waals surface area contributed by atoms with Gasteiger partial charge in [0.05, 0.1) is 42.3 Å². The number of pyridine rings is 2. The Bertz CT molecular complexity index is 1850. The zero-order valence-electron chi connectivity index (χ0n) is 26.1. The number of nitrogens with zero attached hydrogens (tertiary/aromatic N) is 5. The number of fused-ring (bicyclic) bond motifs is 4. The van der Waals surface area contributed by atoms with Gasteiger partial charge in [0, 0.05) is 41.7 Å².